The van der Waals surface area contributed by atoms with Crippen molar-refractivity contribution in [2.45, 2.75) is 108 Å². The Morgan fingerprint density at radius 1 is 0.830 bits per heavy atom. The van der Waals surface area contributed by atoms with Crippen LogP contribution in [0.5, 0.6) is 0 Å². The van der Waals surface area contributed by atoms with Gasteiger partial charge in [0.2, 0.25) is 21.5 Å². The Bertz CT molecular complexity index is 1410. The van der Waals surface area contributed by atoms with Gasteiger partial charge in [-0.15, -0.1) is 0 Å². The maximum Gasteiger partial charge on any atom is 0.408 e. The lowest BCUT2D eigenvalue weighted by atomic mass is 9.94. The Hall–Kier alpha value is -3.81. The van der Waals surface area contributed by atoms with Gasteiger partial charge in [0.05, 0.1) is 5.92 Å². The monoisotopic (exact) mass is 802 g/mol. The number of benzene rings is 1. The Kier molecular flexibility index (Phi) is 20.6. The first kappa shape index (κ1) is 47.2. The van der Waals surface area contributed by atoms with Gasteiger partial charge in [-0.3, -0.25) is 19.2 Å². The summed E-state index contributed by atoms with van der Waals surface area (Å²) in [6.45, 7) is 14.6. The lowest BCUT2D eigenvalue weighted by molar-refractivity contribution is -0.146. The van der Waals surface area contributed by atoms with Crippen LogP contribution in [0.4, 0.5) is 4.79 Å². The van der Waals surface area contributed by atoms with E-state index in [1.807, 2.05) is 18.2 Å². The molecule has 0 spiro atoms. The molecule has 296 valence electrons. The molecular formula is C37H53Cl3N4O9. The number of ether oxygens (including phenoxy) is 3. The zero-order chi connectivity index (χ0) is 40.4. The fourth-order valence-corrected chi connectivity index (χ4v) is 4.77. The van der Waals surface area contributed by atoms with Gasteiger partial charge in [0.1, 0.15) is 36.9 Å². The largest absolute Gasteiger partial charge is 0.461 e. The van der Waals surface area contributed by atoms with Crippen molar-refractivity contribution in [2.24, 2.45) is 11.8 Å². The average molecular weight is 804 g/mol. The highest BCUT2D eigenvalue weighted by molar-refractivity contribution is 6.67. The van der Waals surface area contributed by atoms with Gasteiger partial charge in [-0.1, -0.05) is 111 Å². The van der Waals surface area contributed by atoms with Crippen LogP contribution in [0.1, 0.15) is 73.3 Å². The number of carbonyl (C=O) groups is 6. The minimum absolute atomic E-state index is 0.0198. The molecule has 0 bridgehead atoms. The van der Waals surface area contributed by atoms with Crippen LogP contribution in [0.3, 0.4) is 0 Å². The molecule has 53 heavy (non-hydrogen) atoms. The second kappa shape index (κ2) is 23.1. The van der Waals surface area contributed by atoms with Gasteiger partial charge >= 0.3 is 18.0 Å². The first-order valence-electron chi connectivity index (χ1n) is 17.2. The van der Waals surface area contributed by atoms with E-state index in [-0.39, 0.29) is 38.2 Å². The predicted molar refractivity (Wildman–Crippen MR) is 204 cm³/mol. The summed E-state index contributed by atoms with van der Waals surface area (Å²) in [7, 11) is 0. The zero-order valence-corrected chi connectivity index (χ0v) is 33.6. The molecule has 0 aromatic heterocycles. The van der Waals surface area contributed by atoms with E-state index in [0.29, 0.717) is 0 Å². The fraction of sp³-hybridized carbons (Fsp3) is 0.568. The van der Waals surface area contributed by atoms with E-state index < -0.39 is 81.8 Å². The first-order chi connectivity index (χ1) is 24.6. The third-order valence-corrected chi connectivity index (χ3v) is 7.73. The smallest absolute Gasteiger partial charge is 0.408 e. The molecule has 13 nitrogen and oxygen atoms in total. The molecule has 0 heterocycles. The van der Waals surface area contributed by atoms with Crippen LogP contribution >= 0.6 is 34.8 Å². The molecule has 4 N–H and O–H groups in total. The maximum atomic E-state index is 13.9. The lowest BCUT2D eigenvalue weighted by Gasteiger charge is -2.29. The molecule has 0 unspecified atom stereocenters. The highest BCUT2D eigenvalue weighted by atomic mass is 35.6. The summed E-state index contributed by atoms with van der Waals surface area (Å²) in [5, 5.41) is 10.9. The number of nitrogens with one attached hydrogen (secondary N) is 4. The predicted octanol–water partition coefficient (Wildman–Crippen LogP) is 5.26. The SMILES string of the molecule is C=CCOC(=O)[C@@H](C)NC(=O)[C@H](NC(=O)[C@@H](C)[C@H](C/C=C\CCC(=O)OCC(Cl)(Cl)Cl)NC(=O)[C@H](Cc1ccccc1)NC(=O)OC(C)(C)C)C(C)C. The van der Waals surface area contributed by atoms with Gasteiger partial charge in [0, 0.05) is 18.9 Å². The van der Waals surface area contributed by atoms with Crippen molar-refractivity contribution in [3.8, 4) is 0 Å². The number of esters is 2. The summed E-state index contributed by atoms with van der Waals surface area (Å²) in [4.78, 5) is 77.8. The fourth-order valence-electron chi connectivity index (χ4n) is 4.61. The van der Waals surface area contributed by atoms with Gasteiger partial charge < -0.3 is 35.5 Å². The van der Waals surface area contributed by atoms with Gasteiger partial charge in [-0.2, -0.15) is 0 Å². The number of rotatable bonds is 20. The molecule has 5 atom stereocenters. The van der Waals surface area contributed by atoms with Crippen LogP contribution in [0, 0.1) is 11.8 Å². The Labute approximate surface area is 327 Å². The molecule has 0 fully saturated rings. The van der Waals surface area contributed by atoms with Crippen molar-refractivity contribution in [3.05, 3.63) is 60.7 Å². The number of alkyl halides is 3. The maximum absolute atomic E-state index is 13.9. The number of halogens is 3. The van der Waals surface area contributed by atoms with Crippen LogP contribution in [0.25, 0.3) is 0 Å². The van der Waals surface area contributed by atoms with E-state index in [4.69, 9.17) is 49.0 Å². The summed E-state index contributed by atoms with van der Waals surface area (Å²) < 4.78 is 13.6. The van der Waals surface area contributed by atoms with Crippen LogP contribution in [-0.4, -0.2) is 82.5 Å². The van der Waals surface area contributed by atoms with E-state index in [0.717, 1.165) is 5.56 Å². The summed E-state index contributed by atoms with van der Waals surface area (Å²) in [5.41, 5.74) is -0.0604. The molecule has 0 aliphatic carbocycles. The standard InChI is InChI=1S/C37H53Cl3N4O9/c1-9-20-51-34(49)25(5)41-33(48)30(23(2)3)44-31(46)24(4)27(18-14-11-15-19-29(45)52-22-37(38,39)40)42-32(47)28(21-26-16-12-10-13-17-26)43-35(50)53-36(6,7)8/h9-14,16-17,23-25,27-28,30H,1,15,18-22H2,2-8H3,(H,41,48)(H,42,47)(H,43,50)(H,44,46)/b14-11-/t24-,25+,27-,28-,30+/m0/s1. The summed E-state index contributed by atoms with van der Waals surface area (Å²) in [6.07, 6.45) is 4.44. The van der Waals surface area contributed by atoms with Gasteiger partial charge in [0.15, 0.2) is 0 Å². The number of hydrogen-bond donors (Lipinski definition) is 4. The quantitative estimate of drug-likeness (QED) is 0.0593. The van der Waals surface area contributed by atoms with E-state index >= 15 is 0 Å². The van der Waals surface area contributed by atoms with E-state index in [2.05, 4.69) is 27.8 Å². The van der Waals surface area contributed by atoms with Crippen LogP contribution < -0.4 is 21.3 Å². The summed E-state index contributed by atoms with van der Waals surface area (Å²) >= 11 is 16.9. The normalized spacial score (nSPS) is 14.5. The average Bonchev–Trinajstić information content (AvgIpc) is 3.06. The molecule has 1 aromatic carbocycles. The third-order valence-electron chi connectivity index (χ3n) is 7.41. The van der Waals surface area contributed by atoms with Crippen molar-refractivity contribution >= 4 is 70.6 Å². The molecule has 0 saturated heterocycles. The number of allylic oxidation sites excluding steroid dienone is 1. The highest BCUT2D eigenvalue weighted by Crippen LogP contribution is 2.26. The molecular weight excluding hydrogens is 751 g/mol. The molecule has 4 amide bonds. The molecule has 0 radical (unpaired) electrons. The Morgan fingerprint density at radius 3 is 2.04 bits per heavy atom. The number of alkyl carbamates (subject to hydrolysis) is 1. The van der Waals surface area contributed by atoms with Crippen LogP contribution in [0.15, 0.2) is 55.1 Å². The second-order valence-electron chi connectivity index (χ2n) is 13.7. The van der Waals surface area contributed by atoms with Gasteiger partial charge in [-0.05, 0) is 52.0 Å². The van der Waals surface area contributed by atoms with Crippen molar-refractivity contribution in [2.75, 3.05) is 13.2 Å². The second-order valence-corrected chi connectivity index (χ2v) is 16.2. The van der Waals surface area contributed by atoms with Crippen molar-refractivity contribution in [1.82, 2.24) is 21.3 Å². The number of amides is 4. The number of hydrogen-bond acceptors (Lipinski definition) is 9. The topological polar surface area (TPSA) is 178 Å². The van der Waals surface area contributed by atoms with E-state index in [9.17, 15) is 28.8 Å². The van der Waals surface area contributed by atoms with Crippen molar-refractivity contribution < 1.29 is 43.0 Å². The van der Waals surface area contributed by atoms with Crippen molar-refractivity contribution in [3.63, 3.8) is 0 Å². The molecule has 16 heteroatoms. The molecule has 0 aliphatic heterocycles. The van der Waals surface area contributed by atoms with Crippen LogP contribution in [0.2, 0.25) is 0 Å². The Morgan fingerprint density at radius 2 is 1.47 bits per heavy atom. The third kappa shape index (κ3) is 20.3. The van der Waals surface area contributed by atoms with E-state index in [1.54, 1.807) is 65.8 Å². The first-order valence-corrected chi connectivity index (χ1v) is 18.4. The minimum atomic E-state index is -1.74. The lowest BCUT2D eigenvalue weighted by Crippen LogP contribution is -2.57. The summed E-state index contributed by atoms with van der Waals surface area (Å²) in [6, 6.07) is 5.08. The molecule has 0 aliphatic rings. The number of carbonyl (C=O) groups excluding carboxylic acids is 6. The molecule has 0 saturated carbocycles. The summed E-state index contributed by atoms with van der Waals surface area (Å²) in [5.74, 6) is -4.30. The van der Waals surface area contributed by atoms with Crippen LogP contribution in [-0.2, 0) is 44.6 Å². The highest BCUT2D eigenvalue weighted by Gasteiger charge is 2.33. The minimum Gasteiger partial charge on any atom is -0.461 e. The zero-order valence-electron chi connectivity index (χ0n) is 31.3. The Balaban J connectivity index is 3.27. The van der Waals surface area contributed by atoms with Crippen molar-refractivity contribution in [1.29, 1.82) is 0 Å². The molecule has 1 aromatic rings. The van der Waals surface area contributed by atoms with E-state index in [1.165, 1.54) is 13.0 Å². The van der Waals surface area contributed by atoms with Gasteiger partial charge in [-0.25, -0.2) is 9.59 Å². The molecule has 1 rings (SSSR count). The van der Waals surface area contributed by atoms with Gasteiger partial charge in [0.25, 0.3) is 0 Å².